The molecule has 60 valence electrons. The van der Waals surface area contributed by atoms with Crippen molar-refractivity contribution in [3.8, 4) is 0 Å². The van der Waals surface area contributed by atoms with Crippen molar-refractivity contribution in [3.05, 3.63) is 23.4 Å². The van der Waals surface area contributed by atoms with Crippen LogP contribution in [0.15, 0.2) is 23.4 Å². The molecule has 1 aliphatic carbocycles. The number of nitrogens with one attached hydrogen (secondary N) is 1. The SMILES string of the molecule is CC1=CCC2OCCNC2=C1. The standard InChI is InChI=1S/C9H13NO/c1-7-2-3-9-8(6-7)10-4-5-11-9/h2,6,9-10H,3-5H2,1H3. The van der Waals surface area contributed by atoms with E-state index < -0.39 is 0 Å². The van der Waals surface area contributed by atoms with E-state index in [1.807, 2.05) is 0 Å². The quantitative estimate of drug-likeness (QED) is 0.562. The van der Waals surface area contributed by atoms with E-state index in [0.29, 0.717) is 6.10 Å². The summed E-state index contributed by atoms with van der Waals surface area (Å²) in [6.07, 6.45) is 5.74. The van der Waals surface area contributed by atoms with E-state index in [1.54, 1.807) is 0 Å². The van der Waals surface area contributed by atoms with Crippen LogP contribution in [-0.2, 0) is 4.74 Å². The Kier molecular flexibility index (Phi) is 1.70. The van der Waals surface area contributed by atoms with Gasteiger partial charge in [-0.1, -0.05) is 11.6 Å². The first-order valence-corrected chi connectivity index (χ1v) is 4.10. The lowest BCUT2D eigenvalue weighted by Crippen LogP contribution is -2.37. The fourth-order valence-electron chi connectivity index (χ4n) is 1.54. The molecule has 11 heavy (non-hydrogen) atoms. The summed E-state index contributed by atoms with van der Waals surface area (Å²) in [5.74, 6) is 0. The maximum atomic E-state index is 5.55. The highest BCUT2D eigenvalue weighted by Gasteiger charge is 2.20. The van der Waals surface area contributed by atoms with Gasteiger partial charge < -0.3 is 10.1 Å². The molecule has 1 atom stereocenters. The van der Waals surface area contributed by atoms with E-state index in [-0.39, 0.29) is 0 Å². The van der Waals surface area contributed by atoms with Crippen LogP contribution in [0.2, 0.25) is 0 Å². The molecule has 1 aliphatic heterocycles. The van der Waals surface area contributed by atoms with Crippen molar-refractivity contribution in [2.45, 2.75) is 19.4 Å². The van der Waals surface area contributed by atoms with Gasteiger partial charge in [0.15, 0.2) is 0 Å². The number of rotatable bonds is 0. The molecule has 1 N–H and O–H groups in total. The van der Waals surface area contributed by atoms with E-state index in [4.69, 9.17) is 4.74 Å². The zero-order valence-corrected chi connectivity index (χ0v) is 6.76. The zero-order valence-electron chi connectivity index (χ0n) is 6.76. The second-order valence-electron chi connectivity index (χ2n) is 3.07. The van der Waals surface area contributed by atoms with Gasteiger partial charge in [-0.25, -0.2) is 0 Å². The Bertz CT molecular complexity index is 218. The van der Waals surface area contributed by atoms with Crippen LogP contribution in [-0.4, -0.2) is 19.3 Å². The number of morpholine rings is 1. The molecule has 0 saturated carbocycles. The van der Waals surface area contributed by atoms with E-state index in [0.717, 1.165) is 19.6 Å². The van der Waals surface area contributed by atoms with Crippen LogP contribution in [0.3, 0.4) is 0 Å². The molecule has 2 nitrogen and oxygen atoms in total. The van der Waals surface area contributed by atoms with Gasteiger partial charge in [0.05, 0.1) is 6.61 Å². The lowest BCUT2D eigenvalue weighted by atomic mass is 10.0. The van der Waals surface area contributed by atoms with Crippen molar-refractivity contribution >= 4 is 0 Å². The van der Waals surface area contributed by atoms with E-state index in [1.165, 1.54) is 11.3 Å². The third kappa shape index (κ3) is 1.31. The van der Waals surface area contributed by atoms with Gasteiger partial charge in [-0.05, 0) is 19.4 Å². The fraction of sp³-hybridized carbons (Fsp3) is 0.556. The van der Waals surface area contributed by atoms with Crippen LogP contribution in [0, 0.1) is 0 Å². The molecule has 1 heterocycles. The summed E-state index contributed by atoms with van der Waals surface area (Å²) in [5.41, 5.74) is 2.60. The van der Waals surface area contributed by atoms with Crippen molar-refractivity contribution in [1.82, 2.24) is 5.32 Å². The maximum Gasteiger partial charge on any atom is 0.100 e. The monoisotopic (exact) mass is 151 g/mol. The molecular weight excluding hydrogens is 138 g/mol. The first-order chi connectivity index (χ1) is 5.36. The number of allylic oxidation sites excluding steroid dienone is 2. The highest BCUT2D eigenvalue weighted by atomic mass is 16.5. The molecule has 0 aromatic heterocycles. The molecule has 0 radical (unpaired) electrons. The molecule has 2 rings (SSSR count). The molecule has 1 fully saturated rings. The summed E-state index contributed by atoms with van der Waals surface area (Å²) in [6.45, 7) is 3.92. The second kappa shape index (κ2) is 2.70. The summed E-state index contributed by atoms with van der Waals surface area (Å²) in [5, 5.41) is 3.35. The van der Waals surface area contributed by atoms with Crippen molar-refractivity contribution in [2.75, 3.05) is 13.2 Å². The van der Waals surface area contributed by atoms with Crippen molar-refractivity contribution < 1.29 is 4.74 Å². The summed E-state index contributed by atoms with van der Waals surface area (Å²) in [7, 11) is 0. The summed E-state index contributed by atoms with van der Waals surface area (Å²) in [6, 6.07) is 0. The molecule has 0 amide bonds. The van der Waals surface area contributed by atoms with E-state index >= 15 is 0 Å². The van der Waals surface area contributed by atoms with Gasteiger partial charge in [0.1, 0.15) is 6.10 Å². The van der Waals surface area contributed by atoms with Gasteiger partial charge in [0, 0.05) is 12.2 Å². The average molecular weight is 151 g/mol. The lowest BCUT2D eigenvalue weighted by molar-refractivity contribution is 0.0546. The molecule has 1 saturated heterocycles. The number of hydrogen-bond donors (Lipinski definition) is 1. The second-order valence-corrected chi connectivity index (χ2v) is 3.07. The minimum absolute atomic E-state index is 0.312. The predicted molar refractivity (Wildman–Crippen MR) is 44.2 cm³/mol. The molecule has 0 aromatic carbocycles. The van der Waals surface area contributed by atoms with E-state index in [9.17, 15) is 0 Å². The number of fused-ring (bicyclic) bond motifs is 1. The highest BCUT2D eigenvalue weighted by Crippen LogP contribution is 2.20. The molecule has 0 spiro atoms. The van der Waals surface area contributed by atoms with Crippen LogP contribution in [0.4, 0.5) is 0 Å². The largest absolute Gasteiger partial charge is 0.384 e. The Labute approximate surface area is 66.9 Å². The van der Waals surface area contributed by atoms with Crippen LogP contribution in [0.5, 0.6) is 0 Å². The Morgan fingerprint density at radius 2 is 2.55 bits per heavy atom. The minimum atomic E-state index is 0.312. The topological polar surface area (TPSA) is 21.3 Å². The van der Waals surface area contributed by atoms with Crippen LogP contribution < -0.4 is 5.32 Å². The Morgan fingerprint density at radius 3 is 3.45 bits per heavy atom. The zero-order chi connectivity index (χ0) is 7.68. The molecule has 0 bridgehead atoms. The molecule has 2 aliphatic rings. The molecule has 2 heteroatoms. The van der Waals surface area contributed by atoms with Gasteiger partial charge in [-0.2, -0.15) is 0 Å². The third-order valence-electron chi connectivity index (χ3n) is 2.13. The van der Waals surface area contributed by atoms with Gasteiger partial charge in [-0.3, -0.25) is 0 Å². The van der Waals surface area contributed by atoms with Crippen LogP contribution >= 0.6 is 0 Å². The first kappa shape index (κ1) is 6.92. The normalized spacial score (nSPS) is 29.7. The van der Waals surface area contributed by atoms with Gasteiger partial charge >= 0.3 is 0 Å². The Morgan fingerprint density at radius 1 is 1.64 bits per heavy atom. The average Bonchev–Trinajstić information content (AvgIpc) is 2.04. The summed E-state index contributed by atoms with van der Waals surface area (Å²) >= 11 is 0. The van der Waals surface area contributed by atoms with Crippen LogP contribution in [0.25, 0.3) is 0 Å². The smallest absolute Gasteiger partial charge is 0.100 e. The lowest BCUT2D eigenvalue weighted by Gasteiger charge is -2.29. The summed E-state index contributed by atoms with van der Waals surface area (Å²) in [4.78, 5) is 0. The van der Waals surface area contributed by atoms with Gasteiger partial charge in [-0.15, -0.1) is 0 Å². The first-order valence-electron chi connectivity index (χ1n) is 4.10. The van der Waals surface area contributed by atoms with Crippen molar-refractivity contribution in [1.29, 1.82) is 0 Å². The predicted octanol–water partition coefficient (Wildman–Crippen LogP) is 1.21. The molecule has 0 aromatic rings. The fourth-order valence-corrected chi connectivity index (χ4v) is 1.54. The van der Waals surface area contributed by atoms with E-state index in [2.05, 4.69) is 24.4 Å². The number of hydrogen-bond acceptors (Lipinski definition) is 2. The maximum absolute atomic E-state index is 5.55. The summed E-state index contributed by atoms with van der Waals surface area (Å²) < 4.78 is 5.55. The molecule has 1 unspecified atom stereocenters. The minimum Gasteiger partial charge on any atom is -0.384 e. The Balaban J connectivity index is 2.17. The third-order valence-corrected chi connectivity index (χ3v) is 2.13. The van der Waals surface area contributed by atoms with Crippen molar-refractivity contribution in [3.63, 3.8) is 0 Å². The Hall–Kier alpha value is -0.760. The van der Waals surface area contributed by atoms with Crippen molar-refractivity contribution in [2.24, 2.45) is 0 Å². The van der Waals surface area contributed by atoms with Gasteiger partial charge in [0.25, 0.3) is 0 Å². The number of ether oxygens (including phenoxy) is 1. The van der Waals surface area contributed by atoms with Crippen LogP contribution in [0.1, 0.15) is 13.3 Å². The highest BCUT2D eigenvalue weighted by molar-refractivity contribution is 5.29. The molecular formula is C9H13NO. The van der Waals surface area contributed by atoms with Gasteiger partial charge in [0.2, 0.25) is 0 Å².